The van der Waals surface area contributed by atoms with Crippen LogP contribution in [0.15, 0.2) is 12.1 Å². The molecule has 5 nitrogen and oxygen atoms in total. The maximum atomic E-state index is 5.82. The van der Waals surface area contributed by atoms with Gasteiger partial charge in [-0.3, -0.25) is 0 Å². The van der Waals surface area contributed by atoms with Crippen molar-refractivity contribution in [2.45, 2.75) is 13.8 Å². The van der Waals surface area contributed by atoms with Crippen molar-refractivity contribution in [1.29, 1.82) is 0 Å². The summed E-state index contributed by atoms with van der Waals surface area (Å²) < 4.78 is 1.85. The van der Waals surface area contributed by atoms with E-state index in [1.165, 1.54) is 0 Å². The minimum absolute atomic E-state index is 0.493. The van der Waals surface area contributed by atoms with Gasteiger partial charge >= 0.3 is 0 Å². The van der Waals surface area contributed by atoms with Crippen LogP contribution in [0.25, 0.3) is 22.1 Å². The van der Waals surface area contributed by atoms with Crippen LogP contribution in [-0.4, -0.2) is 19.5 Å². The number of nitrogens with two attached hydrogens (primary N) is 1. The molecule has 0 spiro atoms. The van der Waals surface area contributed by atoms with Crippen LogP contribution in [0.3, 0.4) is 0 Å². The zero-order valence-corrected chi connectivity index (χ0v) is 10.0. The zero-order valence-electron chi connectivity index (χ0n) is 10.0. The predicted octanol–water partition coefficient (Wildman–Crippen LogP) is 1.72. The van der Waals surface area contributed by atoms with Crippen molar-refractivity contribution in [3.63, 3.8) is 0 Å². The summed E-state index contributed by atoms with van der Waals surface area (Å²) in [5, 5.41) is 0. The number of imidazole rings is 1. The summed E-state index contributed by atoms with van der Waals surface area (Å²) in [7, 11) is 1.89. The molecule has 1 aromatic carbocycles. The quantitative estimate of drug-likeness (QED) is 0.637. The van der Waals surface area contributed by atoms with Gasteiger partial charge in [-0.05, 0) is 26.0 Å². The number of hydrogen-bond donors (Lipinski definition) is 1. The van der Waals surface area contributed by atoms with E-state index in [0.29, 0.717) is 5.95 Å². The molecule has 0 aliphatic rings. The molecule has 0 aliphatic carbocycles. The maximum absolute atomic E-state index is 5.82. The van der Waals surface area contributed by atoms with Gasteiger partial charge in [-0.1, -0.05) is 0 Å². The number of anilines is 1. The largest absolute Gasteiger partial charge is 0.369 e. The summed E-state index contributed by atoms with van der Waals surface area (Å²) in [6.45, 7) is 3.91. The van der Waals surface area contributed by atoms with Crippen LogP contribution in [0.1, 0.15) is 11.4 Å². The van der Waals surface area contributed by atoms with Crippen molar-refractivity contribution in [1.82, 2.24) is 19.5 Å². The molecule has 0 bridgehead atoms. The van der Waals surface area contributed by atoms with Gasteiger partial charge in [-0.2, -0.15) is 0 Å². The van der Waals surface area contributed by atoms with Crippen molar-refractivity contribution >= 4 is 28.0 Å². The molecule has 0 saturated heterocycles. The third kappa shape index (κ3) is 1.28. The van der Waals surface area contributed by atoms with Gasteiger partial charge in [0.05, 0.1) is 22.4 Å². The Balaban J connectivity index is 2.55. The van der Waals surface area contributed by atoms with Gasteiger partial charge in [0.25, 0.3) is 0 Å². The van der Waals surface area contributed by atoms with E-state index in [9.17, 15) is 0 Å². The molecule has 3 aromatic rings. The third-order valence-electron chi connectivity index (χ3n) is 3.13. The van der Waals surface area contributed by atoms with Crippen LogP contribution in [0.4, 0.5) is 5.95 Å². The Morgan fingerprint density at radius 1 is 1.12 bits per heavy atom. The van der Waals surface area contributed by atoms with Gasteiger partial charge in [-0.15, -0.1) is 0 Å². The standard InChI is InChI=1S/C12H13N5/c1-6-7(2)15-10-8(14-6)4-5-9-11(10)16-12(13)17(9)3/h4-5H,1-3H3,(H2,13,16)/i12+2. The third-order valence-corrected chi connectivity index (χ3v) is 3.13. The number of nitrogens with zero attached hydrogens (tertiary/aromatic N) is 4. The molecule has 5 heteroatoms. The Morgan fingerprint density at radius 2 is 1.82 bits per heavy atom. The van der Waals surface area contributed by atoms with Crippen LogP contribution in [0.2, 0.25) is 0 Å². The molecule has 0 amide bonds. The van der Waals surface area contributed by atoms with Gasteiger partial charge in [0, 0.05) is 7.05 Å². The number of aromatic nitrogens is 4. The average Bonchev–Trinajstić information content (AvgIpc) is 2.58. The molecule has 2 aromatic heterocycles. The monoisotopic (exact) mass is 229 g/mol. The highest BCUT2D eigenvalue weighted by Gasteiger charge is 2.11. The number of fused-ring (bicyclic) bond motifs is 3. The first-order valence-corrected chi connectivity index (χ1v) is 5.44. The van der Waals surface area contributed by atoms with Gasteiger partial charge in [0.15, 0.2) is 0 Å². The second-order valence-corrected chi connectivity index (χ2v) is 4.22. The van der Waals surface area contributed by atoms with Gasteiger partial charge in [-0.25, -0.2) is 15.0 Å². The van der Waals surface area contributed by atoms with Crippen LogP contribution in [-0.2, 0) is 7.05 Å². The van der Waals surface area contributed by atoms with Gasteiger partial charge < -0.3 is 10.3 Å². The fraction of sp³-hybridized carbons (Fsp3) is 0.250. The second kappa shape index (κ2) is 3.16. The summed E-state index contributed by atoms with van der Waals surface area (Å²) in [6, 6.07) is 3.93. The zero-order chi connectivity index (χ0) is 12.2. The van der Waals surface area contributed by atoms with E-state index in [1.54, 1.807) is 0 Å². The lowest BCUT2D eigenvalue weighted by molar-refractivity contribution is 0.965. The molecular formula is C12H13N5. The number of aryl methyl sites for hydroxylation is 3. The number of hydrogen-bond acceptors (Lipinski definition) is 4. The number of nitrogen functional groups attached to an aromatic ring is 1. The van der Waals surface area contributed by atoms with Crippen LogP contribution in [0, 0.1) is 13.8 Å². The number of benzene rings is 1. The lowest BCUT2D eigenvalue weighted by Gasteiger charge is -2.03. The van der Waals surface area contributed by atoms with Crippen molar-refractivity contribution in [2.75, 3.05) is 5.73 Å². The summed E-state index contributed by atoms with van der Waals surface area (Å²) >= 11 is 0. The smallest absolute Gasteiger partial charge is 0.201 e. The Hall–Kier alpha value is -2.17. The van der Waals surface area contributed by atoms with E-state index < -0.39 is 0 Å². The average molecular weight is 229 g/mol. The Morgan fingerprint density at radius 3 is 2.59 bits per heavy atom. The van der Waals surface area contributed by atoms with E-state index in [0.717, 1.165) is 33.5 Å². The van der Waals surface area contributed by atoms with Gasteiger partial charge in [0.2, 0.25) is 5.95 Å². The minimum atomic E-state index is 0.493. The van der Waals surface area contributed by atoms with Gasteiger partial charge in [0.1, 0.15) is 11.0 Å². The molecule has 0 radical (unpaired) electrons. The normalized spacial score (nSPS) is 11.5. The summed E-state index contributed by atoms with van der Waals surface area (Å²) in [6.07, 6.45) is 0. The molecule has 0 fully saturated rings. The molecule has 3 rings (SSSR count). The molecule has 2 heterocycles. The molecule has 86 valence electrons. The molecule has 17 heavy (non-hydrogen) atoms. The van der Waals surface area contributed by atoms with Crippen LogP contribution < -0.4 is 5.73 Å². The van der Waals surface area contributed by atoms with Crippen LogP contribution in [0.5, 0.6) is 0 Å². The Kier molecular flexibility index (Phi) is 1.86. The van der Waals surface area contributed by atoms with E-state index in [2.05, 4.69) is 15.0 Å². The second-order valence-electron chi connectivity index (χ2n) is 4.22. The fourth-order valence-corrected chi connectivity index (χ4v) is 1.96. The summed E-state index contributed by atoms with van der Waals surface area (Å²) in [5.74, 6) is 0.493. The first-order valence-electron chi connectivity index (χ1n) is 5.44. The molecular weight excluding hydrogens is 216 g/mol. The minimum Gasteiger partial charge on any atom is -0.369 e. The first kappa shape index (κ1) is 10.0. The SMILES string of the molecule is Cc1nc2ccc3c(n[14c](N)n3C)c2nc1C. The first-order chi connectivity index (χ1) is 8.08. The topological polar surface area (TPSA) is 69.6 Å². The van der Waals surface area contributed by atoms with E-state index in [4.69, 9.17) is 5.73 Å². The van der Waals surface area contributed by atoms with Crippen molar-refractivity contribution < 1.29 is 0 Å². The maximum Gasteiger partial charge on any atom is 0.201 e. The fourth-order valence-electron chi connectivity index (χ4n) is 1.96. The predicted molar refractivity (Wildman–Crippen MR) is 67.7 cm³/mol. The van der Waals surface area contributed by atoms with Crippen molar-refractivity contribution in [3.05, 3.63) is 23.5 Å². The van der Waals surface area contributed by atoms with E-state index >= 15 is 0 Å². The molecule has 0 unspecified atom stereocenters. The molecule has 0 aliphatic heterocycles. The Labute approximate surface area is 98.3 Å². The highest BCUT2D eigenvalue weighted by molar-refractivity contribution is 6.01. The summed E-state index contributed by atoms with van der Waals surface area (Å²) in [5.41, 5.74) is 11.2. The summed E-state index contributed by atoms with van der Waals surface area (Å²) in [4.78, 5) is 13.4. The van der Waals surface area contributed by atoms with E-state index in [-0.39, 0.29) is 0 Å². The van der Waals surface area contributed by atoms with E-state index in [1.807, 2.05) is 37.6 Å². The lowest BCUT2D eigenvalue weighted by atomic mass is 10.2. The highest BCUT2D eigenvalue weighted by Crippen LogP contribution is 2.24. The van der Waals surface area contributed by atoms with Crippen molar-refractivity contribution in [2.24, 2.45) is 7.05 Å². The molecule has 2 N–H and O–H groups in total. The number of rotatable bonds is 0. The molecule has 0 saturated carbocycles. The van der Waals surface area contributed by atoms with Crippen LogP contribution >= 0.6 is 0 Å². The lowest BCUT2D eigenvalue weighted by Crippen LogP contribution is -1.96. The van der Waals surface area contributed by atoms with Crippen molar-refractivity contribution in [3.8, 4) is 0 Å². The highest BCUT2D eigenvalue weighted by atomic mass is 15.7. The molecule has 0 atom stereocenters. The Bertz CT molecular complexity index is 742.